The van der Waals surface area contributed by atoms with Crippen LogP contribution in [-0.4, -0.2) is 48.3 Å². The van der Waals surface area contributed by atoms with Crippen LogP contribution in [-0.2, 0) is 9.47 Å². The van der Waals surface area contributed by atoms with Gasteiger partial charge in [0.2, 0.25) is 0 Å². The molecule has 124 valence electrons. The summed E-state index contributed by atoms with van der Waals surface area (Å²) in [5.41, 5.74) is 0. The van der Waals surface area contributed by atoms with Gasteiger partial charge in [0.05, 0.1) is 11.5 Å². The first-order valence-electron chi connectivity index (χ1n) is 8.24. The van der Waals surface area contributed by atoms with Crippen molar-refractivity contribution in [2.45, 2.75) is 75.0 Å². The highest BCUT2D eigenvalue weighted by molar-refractivity contribution is 6.21. The lowest BCUT2D eigenvalue weighted by Crippen LogP contribution is -2.43. The van der Waals surface area contributed by atoms with Crippen LogP contribution in [0.1, 0.15) is 51.4 Å². The Kier molecular flexibility index (Phi) is 6.85. The van der Waals surface area contributed by atoms with Crippen molar-refractivity contribution in [3.8, 4) is 12.3 Å². The predicted octanol–water partition coefficient (Wildman–Crippen LogP) is 3.57. The molecule has 2 saturated carbocycles. The molecule has 3 atom stereocenters. The summed E-state index contributed by atoms with van der Waals surface area (Å²) in [6, 6.07) is 0.319. The molecular weight excluding hydrogens is 302 g/mol. The number of terminal acetylenes is 1. The molecule has 0 N–H and O–H groups in total. The molecule has 2 fully saturated rings. The average Bonchev–Trinajstić information content (AvgIpc) is 2.55. The number of rotatable bonds is 4. The van der Waals surface area contributed by atoms with Crippen molar-refractivity contribution in [3.63, 3.8) is 0 Å². The van der Waals surface area contributed by atoms with Crippen LogP contribution < -0.4 is 0 Å². The molecule has 2 rings (SSSR count). The molecular formula is C17H26ClNO3. The summed E-state index contributed by atoms with van der Waals surface area (Å²) in [6.45, 7) is 0.247. The van der Waals surface area contributed by atoms with Gasteiger partial charge in [-0.05, 0) is 25.7 Å². The van der Waals surface area contributed by atoms with Gasteiger partial charge in [-0.3, -0.25) is 0 Å². The number of carbonyl (C=O) groups is 1. The van der Waals surface area contributed by atoms with E-state index in [9.17, 15) is 4.79 Å². The summed E-state index contributed by atoms with van der Waals surface area (Å²) in [5.74, 6) is 2.46. The Hall–Kier alpha value is -0.920. The molecule has 0 aromatic rings. The molecule has 22 heavy (non-hydrogen) atoms. The number of hydrogen-bond acceptors (Lipinski definition) is 3. The molecule has 0 aromatic carbocycles. The zero-order valence-electron chi connectivity index (χ0n) is 13.3. The molecule has 2 aliphatic rings. The SMILES string of the molecule is C#CCOC1CC(OC(=O)N(C)C2CCCCC2)CCC1Cl. The van der Waals surface area contributed by atoms with Gasteiger partial charge in [0.25, 0.3) is 0 Å². The fourth-order valence-electron chi connectivity index (χ4n) is 3.33. The topological polar surface area (TPSA) is 38.8 Å². The number of hydrogen-bond donors (Lipinski definition) is 0. The van der Waals surface area contributed by atoms with Crippen LogP contribution in [0.2, 0.25) is 0 Å². The van der Waals surface area contributed by atoms with Gasteiger partial charge in [0, 0.05) is 19.5 Å². The van der Waals surface area contributed by atoms with Gasteiger partial charge in [0.15, 0.2) is 0 Å². The zero-order chi connectivity index (χ0) is 15.9. The lowest BCUT2D eigenvalue weighted by atomic mass is 9.94. The van der Waals surface area contributed by atoms with E-state index in [2.05, 4.69) is 5.92 Å². The number of halogens is 1. The number of alkyl halides is 1. The monoisotopic (exact) mass is 327 g/mol. The maximum absolute atomic E-state index is 12.3. The molecule has 4 nitrogen and oxygen atoms in total. The normalized spacial score (nSPS) is 29.6. The highest BCUT2D eigenvalue weighted by atomic mass is 35.5. The van der Waals surface area contributed by atoms with Gasteiger partial charge < -0.3 is 14.4 Å². The van der Waals surface area contributed by atoms with Crippen molar-refractivity contribution in [1.82, 2.24) is 4.90 Å². The van der Waals surface area contributed by atoms with Crippen LogP contribution in [0, 0.1) is 12.3 Å². The summed E-state index contributed by atoms with van der Waals surface area (Å²) in [6.07, 6.45) is 12.7. The van der Waals surface area contributed by atoms with Crippen molar-refractivity contribution >= 4 is 17.7 Å². The van der Waals surface area contributed by atoms with E-state index < -0.39 is 0 Å². The Morgan fingerprint density at radius 3 is 2.68 bits per heavy atom. The molecule has 2 aliphatic carbocycles. The summed E-state index contributed by atoms with van der Waals surface area (Å²) >= 11 is 6.26. The molecule has 0 heterocycles. The quantitative estimate of drug-likeness (QED) is 0.585. The van der Waals surface area contributed by atoms with Crippen LogP contribution >= 0.6 is 11.6 Å². The predicted molar refractivity (Wildman–Crippen MR) is 87.0 cm³/mol. The molecule has 0 saturated heterocycles. The molecule has 1 amide bonds. The van der Waals surface area contributed by atoms with Gasteiger partial charge in [-0.1, -0.05) is 25.2 Å². The van der Waals surface area contributed by atoms with Crippen LogP contribution in [0.15, 0.2) is 0 Å². The minimum atomic E-state index is -0.222. The van der Waals surface area contributed by atoms with Crippen molar-refractivity contribution in [1.29, 1.82) is 0 Å². The molecule has 0 spiro atoms. The second-order valence-corrected chi connectivity index (χ2v) is 6.85. The first-order valence-corrected chi connectivity index (χ1v) is 8.68. The van der Waals surface area contributed by atoms with Crippen LogP contribution in [0.3, 0.4) is 0 Å². The Morgan fingerprint density at radius 2 is 2.00 bits per heavy atom. The Balaban J connectivity index is 1.81. The van der Waals surface area contributed by atoms with Crippen molar-refractivity contribution in [2.75, 3.05) is 13.7 Å². The van der Waals surface area contributed by atoms with E-state index in [-0.39, 0.29) is 30.3 Å². The zero-order valence-corrected chi connectivity index (χ0v) is 14.1. The third kappa shape index (κ3) is 4.79. The van der Waals surface area contributed by atoms with E-state index in [4.69, 9.17) is 27.5 Å². The Bertz CT molecular complexity index is 403. The lowest BCUT2D eigenvalue weighted by molar-refractivity contribution is -0.0178. The largest absolute Gasteiger partial charge is 0.446 e. The molecule has 0 bridgehead atoms. The summed E-state index contributed by atoms with van der Waals surface area (Å²) in [7, 11) is 1.85. The lowest BCUT2D eigenvalue weighted by Gasteiger charge is -2.35. The third-order valence-corrected chi connectivity index (χ3v) is 5.22. The smallest absolute Gasteiger partial charge is 0.410 e. The third-order valence-electron chi connectivity index (χ3n) is 4.72. The standard InChI is InChI=1S/C17H26ClNO3/c1-3-11-21-16-12-14(9-10-15(16)18)22-17(20)19(2)13-7-5-4-6-8-13/h1,13-16H,4-12H2,2H3. The highest BCUT2D eigenvalue weighted by Crippen LogP contribution is 2.29. The number of ether oxygens (including phenoxy) is 2. The van der Waals surface area contributed by atoms with Crippen molar-refractivity contribution < 1.29 is 14.3 Å². The minimum Gasteiger partial charge on any atom is -0.446 e. The number of nitrogens with zero attached hydrogens (tertiary/aromatic N) is 1. The molecule has 0 radical (unpaired) electrons. The highest BCUT2D eigenvalue weighted by Gasteiger charge is 2.33. The number of carbonyl (C=O) groups excluding carboxylic acids is 1. The van der Waals surface area contributed by atoms with Crippen LogP contribution in [0.25, 0.3) is 0 Å². The van der Waals surface area contributed by atoms with E-state index >= 15 is 0 Å². The first kappa shape index (κ1) is 17.4. The van der Waals surface area contributed by atoms with Crippen LogP contribution in [0.4, 0.5) is 4.79 Å². The number of amides is 1. The van der Waals surface area contributed by atoms with E-state index in [1.54, 1.807) is 4.90 Å². The van der Waals surface area contributed by atoms with Crippen molar-refractivity contribution in [2.24, 2.45) is 0 Å². The van der Waals surface area contributed by atoms with Gasteiger partial charge in [0.1, 0.15) is 12.7 Å². The maximum Gasteiger partial charge on any atom is 0.410 e. The van der Waals surface area contributed by atoms with Crippen molar-refractivity contribution in [3.05, 3.63) is 0 Å². The van der Waals surface area contributed by atoms with E-state index in [1.165, 1.54) is 19.3 Å². The average molecular weight is 328 g/mol. The molecule has 3 unspecified atom stereocenters. The van der Waals surface area contributed by atoms with E-state index in [0.29, 0.717) is 12.5 Å². The molecule has 5 heteroatoms. The van der Waals surface area contributed by atoms with Gasteiger partial charge in [-0.2, -0.15) is 0 Å². The van der Waals surface area contributed by atoms with E-state index in [0.717, 1.165) is 25.7 Å². The second-order valence-electron chi connectivity index (χ2n) is 6.29. The van der Waals surface area contributed by atoms with Crippen LogP contribution in [0.5, 0.6) is 0 Å². The summed E-state index contributed by atoms with van der Waals surface area (Å²) < 4.78 is 11.2. The molecule has 0 aromatic heterocycles. The van der Waals surface area contributed by atoms with Gasteiger partial charge >= 0.3 is 6.09 Å². The fraction of sp³-hybridized carbons (Fsp3) is 0.824. The molecule has 0 aliphatic heterocycles. The fourth-order valence-corrected chi connectivity index (χ4v) is 3.63. The Labute approximate surface area is 138 Å². The minimum absolute atomic E-state index is 0.0561. The maximum atomic E-state index is 12.3. The summed E-state index contributed by atoms with van der Waals surface area (Å²) in [5, 5.41) is -0.0561. The van der Waals surface area contributed by atoms with Gasteiger partial charge in [-0.25, -0.2) is 4.79 Å². The Morgan fingerprint density at radius 1 is 1.27 bits per heavy atom. The second kappa shape index (κ2) is 8.64. The summed E-state index contributed by atoms with van der Waals surface area (Å²) in [4.78, 5) is 14.1. The first-order chi connectivity index (χ1) is 10.6. The van der Waals surface area contributed by atoms with Gasteiger partial charge in [-0.15, -0.1) is 18.0 Å². The van der Waals surface area contributed by atoms with E-state index in [1.807, 2.05) is 7.05 Å².